The Hall–Kier alpha value is -2.55. The van der Waals surface area contributed by atoms with E-state index in [4.69, 9.17) is 9.47 Å². The van der Waals surface area contributed by atoms with Crippen LogP contribution in [0.2, 0.25) is 0 Å². The van der Waals surface area contributed by atoms with Crippen molar-refractivity contribution in [2.45, 2.75) is 84.8 Å². The smallest absolute Gasteiger partial charge is 0.407 e. The molecule has 37 heavy (non-hydrogen) atoms. The minimum absolute atomic E-state index is 0.0181. The molecule has 0 radical (unpaired) electrons. The van der Waals surface area contributed by atoms with Crippen molar-refractivity contribution in [3.63, 3.8) is 0 Å². The summed E-state index contributed by atoms with van der Waals surface area (Å²) in [5.74, 6) is -1.44. The number of ether oxygens (including phenoxy) is 2. The summed E-state index contributed by atoms with van der Waals surface area (Å²) in [6, 6.07) is 8.58. The third-order valence-electron chi connectivity index (χ3n) is 5.98. The lowest BCUT2D eigenvalue weighted by Crippen LogP contribution is -2.50. The highest BCUT2D eigenvalue weighted by Crippen LogP contribution is 2.29. The molecule has 0 bridgehead atoms. The molecule has 1 aliphatic heterocycles. The largest absolute Gasteiger partial charge is 0.444 e. The van der Waals surface area contributed by atoms with E-state index in [1.807, 2.05) is 0 Å². The van der Waals surface area contributed by atoms with Crippen molar-refractivity contribution in [1.82, 2.24) is 10.6 Å². The zero-order valence-electron chi connectivity index (χ0n) is 22.7. The van der Waals surface area contributed by atoms with Gasteiger partial charge in [-0.05, 0) is 73.4 Å². The number of aliphatic hydroxyl groups excluding tert-OH is 1. The van der Waals surface area contributed by atoms with Crippen molar-refractivity contribution in [3.05, 3.63) is 70.3 Å². The molecule has 1 amide bonds. The lowest BCUT2D eigenvalue weighted by molar-refractivity contribution is 0.0401. The molecule has 0 aliphatic carbocycles. The van der Waals surface area contributed by atoms with Crippen LogP contribution in [0.3, 0.4) is 0 Å². The number of benzene rings is 2. The molecule has 0 saturated carbocycles. The second-order valence-corrected chi connectivity index (χ2v) is 12.0. The molecule has 3 N–H and O–H groups in total. The van der Waals surface area contributed by atoms with Crippen molar-refractivity contribution in [3.8, 4) is 0 Å². The van der Waals surface area contributed by atoms with E-state index in [1.54, 1.807) is 20.8 Å². The zero-order chi connectivity index (χ0) is 27.4. The highest BCUT2D eigenvalue weighted by atomic mass is 19.1. The first-order valence-corrected chi connectivity index (χ1v) is 12.7. The van der Waals surface area contributed by atoms with E-state index in [0.29, 0.717) is 18.8 Å². The number of fused-ring (bicyclic) bond motifs is 1. The first-order chi connectivity index (χ1) is 17.2. The van der Waals surface area contributed by atoms with Gasteiger partial charge >= 0.3 is 6.09 Å². The van der Waals surface area contributed by atoms with Crippen LogP contribution < -0.4 is 10.6 Å². The Morgan fingerprint density at radius 1 is 1.08 bits per heavy atom. The highest BCUT2D eigenvalue weighted by Gasteiger charge is 2.28. The van der Waals surface area contributed by atoms with E-state index in [1.165, 1.54) is 17.7 Å². The standard InChI is InChI=1S/C29H40F2N2O4/c1-28(2,3)14-18-7-8-20-16-36-17-25(23(20)11-18)32-15-26(34)24(33-27(35)37-29(4,5)6)12-19-9-21(30)13-22(31)10-19/h7-11,13,24-26,32,34H,12,14-17H2,1-6H3,(H,33,35)/t24?,25?,26-/m1/s1. The number of nitrogens with one attached hydrogen (secondary N) is 2. The van der Waals surface area contributed by atoms with Gasteiger partial charge < -0.3 is 25.2 Å². The molecule has 3 rings (SSSR count). The predicted molar refractivity (Wildman–Crippen MR) is 139 cm³/mol. The molecular weight excluding hydrogens is 478 g/mol. The molecule has 2 aromatic rings. The summed E-state index contributed by atoms with van der Waals surface area (Å²) in [6.07, 6.45) is -0.833. The second kappa shape index (κ2) is 11.9. The SMILES string of the molecule is CC(C)(C)Cc1ccc2c(c1)C(NC[C@@H](O)C(Cc1cc(F)cc(F)c1)NC(=O)OC(C)(C)C)COC2. The maximum atomic E-state index is 13.8. The molecule has 0 aromatic heterocycles. The Morgan fingerprint density at radius 3 is 2.38 bits per heavy atom. The second-order valence-electron chi connectivity index (χ2n) is 12.0. The van der Waals surface area contributed by atoms with Crippen LogP contribution in [0.1, 0.15) is 69.8 Å². The molecule has 0 fully saturated rings. The number of alkyl carbamates (subject to hydrolysis) is 1. The Kier molecular flexibility index (Phi) is 9.32. The minimum atomic E-state index is -1.07. The van der Waals surface area contributed by atoms with Gasteiger partial charge in [-0.15, -0.1) is 0 Å². The number of carbonyl (C=O) groups is 1. The molecule has 2 unspecified atom stereocenters. The molecule has 1 aliphatic rings. The molecule has 2 aromatic carbocycles. The van der Waals surface area contributed by atoms with Gasteiger partial charge in [0.1, 0.15) is 17.2 Å². The van der Waals surface area contributed by atoms with Crippen molar-refractivity contribution >= 4 is 6.09 Å². The number of rotatable bonds is 8. The number of aliphatic hydroxyl groups is 1. The summed E-state index contributed by atoms with van der Waals surface area (Å²) in [7, 11) is 0. The Bertz CT molecular complexity index is 1060. The molecule has 0 spiro atoms. The molecule has 6 nitrogen and oxygen atoms in total. The number of hydrogen-bond donors (Lipinski definition) is 3. The van der Waals surface area contributed by atoms with Crippen LogP contribution in [-0.4, -0.2) is 42.1 Å². The normalized spacial score (nSPS) is 17.6. The topological polar surface area (TPSA) is 79.8 Å². The van der Waals surface area contributed by atoms with Gasteiger partial charge in [-0.25, -0.2) is 13.6 Å². The molecule has 3 atom stereocenters. The maximum absolute atomic E-state index is 13.8. The van der Waals surface area contributed by atoms with Gasteiger partial charge in [-0.1, -0.05) is 39.0 Å². The average Bonchev–Trinajstić information content (AvgIpc) is 2.74. The summed E-state index contributed by atoms with van der Waals surface area (Å²) in [5, 5.41) is 17.1. The van der Waals surface area contributed by atoms with Crippen LogP contribution in [0.25, 0.3) is 0 Å². The monoisotopic (exact) mass is 518 g/mol. The van der Waals surface area contributed by atoms with Gasteiger partial charge in [0.2, 0.25) is 0 Å². The van der Waals surface area contributed by atoms with Gasteiger partial charge in [0.05, 0.1) is 31.4 Å². The number of carbonyl (C=O) groups excluding carboxylic acids is 1. The van der Waals surface area contributed by atoms with Crippen molar-refractivity contribution < 1.29 is 28.2 Å². The summed E-state index contributed by atoms with van der Waals surface area (Å²) >= 11 is 0. The van der Waals surface area contributed by atoms with Crippen molar-refractivity contribution in [1.29, 1.82) is 0 Å². The van der Waals surface area contributed by atoms with Gasteiger partial charge in [0.25, 0.3) is 0 Å². The lowest BCUT2D eigenvalue weighted by atomic mass is 9.86. The van der Waals surface area contributed by atoms with Crippen LogP contribution in [0.5, 0.6) is 0 Å². The zero-order valence-corrected chi connectivity index (χ0v) is 22.7. The highest BCUT2D eigenvalue weighted by molar-refractivity contribution is 5.68. The van der Waals surface area contributed by atoms with E-state index >= 15 is 0 Å². The average molecular weight is 519 g/mol. The van der Waals surface area contributed by atoms with Gasteiger partial charge in [0.15, 0.2) is 0 Å². The van der Waals surface area contributed by atoms with Gasteiger partial charge in [-0.3, -0.25) is 0 Å². The van der Waals surface area contributed by atoms with Crippen LogP contribution in [0.4, 0.5) is 13.6 Å². The van der Waals surface area contributed by atoms with Crippen LogP contribution in [-0.2, 0) is 28.9 Å². The molecule has 0 saturated heterocycles. The predicted octanol–water partition coefficient (Wildman–Crippen LogP) is 5.21. The van der Waals surface area contributed by atoms with E-state index in [-0.39, 0.29) is 24.4 Å². The van der Waals surface area contributed by atoms with E-state index < -0.39 is 35.5 Å². The maximum Gasteiger partial charge on any atom is 0.407 e. The summed E-state index contributed by atoms with van der Waals surface area (Å²) in [6.45, 7) is 12.9. The number of hydrogen-bond acceptors (Lipinski definition) is 5. The Labute approximate surface area is 218 Å². The first-order valence-electron chi connectivity index (χ1n) is 12.7. The summed E-state index contributed by atoms with van der Waals surface area (Å²) < 4.78 is 38.7. The summed E-state index contributed by atoms with van der Waals surface area (Å²) in [4.78, 5) is 12.5. The van der Waals surface area contributed by atoms with Gasteiger partial charge in [-0.2, -0.15) is 0 Å². The molecular formula is C29H40F2N2O4. The lowest BCUT2D eigenvalue weighted by Gasteiger charge is -2.31. The minimum Gasteiger partial charge on any atom is -0.444 e. The van der Waals surface area contributed by atoms with E-state index in [9.17, 15) is 18.7 Å². The third kappa shape index (κ3) is 9.36. The number of halogens is 2. The Morgan fingerprint density at radius 2 is 1.76 bits per heavy atom. The quantitative estimate of drug-likeness (QED) is 0.447. The summed E-state index contributed by atoms with van der Waals surface area (Å²) in [5.41, 5.74) is 3.18. The first kappa shape index (κ1) is 29.0. The van der Waals surface area contributed by atoms with Crippen LogP contribution >= 0.6 is 0 Å². The van der Waals surface area contributed by atoms with Crippen LogP contribution in [0, 0.1) is 17.0 Å². The van der Waals surface area contributed by atoms with Gasteiger partial charge in [0, 0.05) is 12.6 Å². The van der Waals surface area contributed by atoms with E-state index in [0.717, 1.165) is 23.6 Å². The third-order valence-corrected chi connectivity index (χ3v) is 5.98. The molecule has 8 heteroatoms. The molecule has 1 heterocycles. The van der Waals surface area contributed by atoms with Crippen LogP contribution in [0.15, 0.2) is 36.4 Å². The van der Waals surface area contributed by atoms with Crippen molar-refractivity contribution in [2.24, 2.45) is 5.41 Å². The fourth-order valence-corrected chi connectivity index (χ4v) is 4.50. The fraction of sp³-hybridized carbons (Fsp3) is 0.552. The fourth-order valence-electron chi connectivity index (χ4n) is 4.50. The molecule has 204 valence electrons. The van der Waals surface area contributed by atoms with Crippen molar-refractivity contribution in [2.75, 3.05) is 13.2 Å². The van der Waals surface area contributed by atoms with E-state index in [2.05, 4.69) is 49.6 Å². The Balaban J connectivity index is 1.74. The number of amides is 1.